The van der Waals surface area contributed by atoms with Gasteiger partial charge in [-0.2, -0.15) is 0 Å². The molecule has 0 aliphatic carbocycles. The van der Waals surface area contributed by atoms with Crippen LogP contribution in [0.1, 0.15) is 32.6 Å². The van der Waals surface area contributed by atoms with Gasteiger partial charge < -0.3 is 9.84 Å². The van der Waals surface area contributed by atoms with Crippen molar-refractivity contribution in [1.29, 1.82) is 0 Å². The van der Waals surface area contributed by atoms with Crippen molar-refractivity contribution in [3.63, 3.8) is 0 Å². The van der Waals surface area contributed by atoms with Crippen molar-refractivity contribution in [1.82, 2.24) is 0 Å². The topological polar surface area (TPSA) is 29.5 Å². The van der Waals surface area contributed by atoms with Crippen molar-refractivity contribution < 1.29 is 9.84 Å². The second-order valence-corrected chi connectivity index (χ2v) is 3.73. The summed E-state index contributed by atoms with van der Waals surface area (Å²) in [5.41, 5.74) is 1.33. The first-order valence-corrected chi connectivity index (χ1v) is 4.85. The summed E-state index contributed by atoms with van der Waals surface area (Å²) in [5, 5.41) is 9.63. The van der Waals surface area contributed by atoms with Gasteiger partial charge in [0.2, 0.25) is 0 Å². The molecule has 68 valence electrons. The second-order valence-electron chi connectivity index (χ2n) is 3.73. The van der Waals surface area contributed by atoms with Crippen LogP contribution in [0.3, 0.4) is 0 Å². The Bertz CT molecular complexity index is 198. The Hall–Kier alpha value is -0.340. The summed E-state index contributed by atoms with van der Waals surface area (Å²) in [6, 6.07) is 0. The normalized spacial score (nSPS) is 39.8. The van der Waals surface area contributed by atoms with Crippen molar-refractivity contribution in [3.05, 3.63) is 11.6 Å². The van der Waals surface area contributed by atoms with Crippen molar-refractivity contribution in [2.75, 3.05) is 0 Å². The Morgan fingerprint density at radius 1 is 1.58 bits per heavy atom. The number of hydrogen-bond acceptors (Lipinski definition) is 2. The fraction of sp³-hybridized carbons (Fsp3) is 0.800. The number of ether oxygens (including phenoxy) is 1. The summed E-state index contributed by atoms with van der Waals surface area (Å²) in [7, 11) is 0. The van der Waals surface area contributed by atoms with Crippen LogP contribution in [0.5, 0.6) is 0 Å². The van der Waals surface area contributed by atoms with Crippen molar-refractivity contribution in [3.8, 4) is 0 Å². The van der Waals surface area contributed by atoms with E-state index in [1.165, 1.54) is 5.57 Å². The molecule has 2 bridgehead atoms. The van der Waals surface area contributed by atoms with Crippen LogP contribution < -0.4 is 0 Å². The van der Waals surface area contributed by atoms with Crippen LogP contribution in [0.25, 0.3) is 0 Å². The molecule has 1 saturated heterocycles. The molecular weight excluding hydrogens is 152 g/mol. The summed E-state index contributed by atoms with van der Waals surface area (Å²) in [5.74, 6) is 0. The first-order chi connectivity index (χ1) is 5.81. The van der Waals surface area contributed by atoms with E-state index < -0.39 is 0 Å². The van der Waals surface area contributed by atoms with Crippen LogP contribution >= 0.6 is 0 Å². The average molecular weight is 168 g/mol. The Morgan fingerprint density at radius 2 is 2.42 bits per heavy atom. The van der Waals surface area contributed by atoms with Gasteiger partial charge in [-0.25, -0.2) is 0 Å². The molecule has 1 fully saturated rings. The minimum absolute atomic E-state index is 0.0312. The molecule has 0 amide bonds. The van der Waals surface area contributed by atoms with Gasteiger partial charge in [-0.1, -0.05) is 19.4 Å². The zero-order valence-electron chi connectivity index (χ0n) is 7.49. The standard InChI is InChI=1S/C10H16O2/c1-2-3-7-6-8-4-5-9(11)10(7)12-8/h6,8-11H,2-5H2,1H3/t8-,9-,10-/m1/s1. The molecule has 2 aliphatic heterocycles. The lowest BCUT2D eigenvalue weighted by molar-refractivity contribution is -0.0674. The number of fused-ring (bicyclic) bond motifs is 2. The number of aliphatic hydroxyl groups is 1. The zero-order valence-corrected chi connectivity index (χ0v) is 7.49. The molecular formula is C10H16O2. The van der Waals surface area contributed by atoms with Gasteiger partial charge in [0.1, 0.15) is 6.10 Å². The smallest absolute Gasteiger partial charge is 0.105 e. The van der Waals surface area contributed by atoms with E-state index in [0.717, 1.165) is 25.7 Å². The molecule has 0 unspecified atom stereocenters. The minimum Gasteiger partial charge on any atom is -0.390 e. The molecule has 0 aromatic heterocycles. The van der Waals surface area contributed by atoms with E-state index in [4.69, 9.17) is 4.74 Å². The predicted molar refractivity (Wildman–Crippen MR) is 46.9 cm³/mol. The fourth-order valence-electron chi connectivity index (χ4n) is 2.14. The lowest BCUT2D eigenvalue weighted by atomic mass is 10.0. The first kappa shape index (κ1) is 8.27. The van der Waals surface area contributed by atoms with E-state index in [2.05, 4.69) is 13.0 Å². The molecule has 1 N–H and O–H groups in total. The minimum atomic E-state index is -0.249. The Morgan fingerprint density at radius 3 is 3.17 bits per heavy atom. The monoisotopic (exact) mass is 168 g/mol. The Labute approximate surface area is 73.2 Å². The van der Waals surface area contributed by atoms with E-state index in [0.29, 0.717) is 6.10 Å². The van der Waals surface area contributed by atoms with Gasteiger partial charge in [0, 0.05) is 0 Å². The van der Waals surface area contributed by atoms with E-state index in [1.54, 1.807) is 0 Å². The van der Waals surface area contributed by atoms with Gasteiger partial charge in [-0.15, -0.1) is 0 Å². The number of rotatable bonds is 2. The van der Waals surface area contributed by atoms with E-state index in [-0.39, 0.29) is 12.2 Å². The summed E-state index contributed by atoms with van der Waals surface area (Å²) in [6.45, 7) is 2.16. The molecule has 2 heteroatoms. The maximum Gasteiger partial charge on any atom is 0.105 e. The average Bonchev–Trinajstić information content (AvgIpc) is 2.39. The Kier molecular flexibility index (Phi) is 2.20. The highest BCUT2D eigenvalue weighted by Gasteiger charge is 2.36. The van der Waals surface area contributed by atoms with Gasteiger partial charge >= 0.3 is 0 Å². The quantitative estimate of drug-likeness (QED) is 0.635. The third kappa shape index (κ3) is 1.29. The third-order valence-electron chi connectivity index (χ3n) is 2.72. The molecule has 0 radical (unpaired) electrons. The molecule has 2 rings (SSSR count). The van der Waals surface area contributed by atoms with Crippen LogP contribution in [-0.2, 0) is 4.74 Å². The van der Waals surface area contributed by atoms with Gasteiger partial charge in [0.05, 0.1) is 12.2 Å². The lowest BCUT2D eigenvalue weighted by Gasteiger charge is -2.27. The van der Waals surface area contributed by atoms with Crippen molar-refractivity contribution in [2.45, 2.75) is 50.9 Å². The molecule has 2 aliphatic rings. The molecule has 0 spiro atoms. The zero-order chi connectivity index (χ0) is 8.55. The number of aliphatic hydroxyl groups excluding tert-OH is 1. The van der Waals surface area contributed by atoms with Crippen LogP contribution in [0.4, 0.5) is 0 Å². The lowest BCUT2D eigenvalue weighted by Crippen LogP contribution is -2.34. The molecule has 0 aromatic carbocycles. The van der Waals surface area contributed by atoms with Crippen LogP contribution in [0, 0.1) is 0 Å². The molecule has 3 atom stereocenters. The van der Waals surface area contributed by atoms with E-state index in [9.17, 15) is 5.11 Å². The summed E-state index contributed by atoms with van der Waals surface area (Å²) < 4.78 is 5.63. The van der Waals surface area contributed by atoms with Crippen LogP contribution in [0.15, 0.2) is 11.6 Å². The predicted octanol–water partition coefficient (Wildman–Crippen LogP) is 1.64. The molecule has 12 heavy (non-hydrogen) atoms. The van der Waals surface area contributed by atoms with Crippen molar-refractivity contribution in [2.24, 2.45) is 0 Å². The second kappa shape index (κ2) is 3.19. The van der Waals surface area contributed by atoms with Gasteiger partial charge in [0.15, 0.2) is 0 Å². The van der Waals surface area contributed by atoms with Crippen LogP contribution in [-0.4, -0.2) is 23.4 Å². The molecule has 0 saturated carbocycles. The first-order valence-electron chi connectivity index (χ1n) is 4.85. The van der Waals surface area contributed by atoms with E-state index >= 15 is 0 Å². The highest BCUT2D eigenvalue weighted by Crippen LogP contribution is 2.34. The highest BCUT2D eigenvalue weighted by atomic mass is 16.5. The Balaban J connectivity index is 2.08. The summed E-state index contributed by atoms with van der Waals surface area (Å²) >= 11 is 0. The van der Waals surface area contributed by atoms with Crippen molar-refractivity contribution >= 4 is 0 Å². The summed E-state index contributed by atoms with van der Waals surface area (Å²) in [4.78, 5) is 0. The van der Waals surface area contributed by atoms with Gasteiger partial charge in [0.25, 0.3) is 0 Å². The van der Waals surface area contributed by atoms with Gasteiger partial charge in [-0.3, -0.25) is 0 Å². The molecule has 2 heterocycles. The van der Waals surface area contributed by atoms with Gasteiger partial charge in [-0.05, 0) is 24.8 Å². The number of hydrogen-bond donors (Lipinski definition) is 1. The maximum absolute atomic E-state index is 9.63. The maximum atomic E-state index is 9.63. The summed E-state index contributed by atoms with van der Waals surface area (Å²) in [6.07, 6.45) is 6.42. The highest BCUT2D eigenvalue weighted by molar-refractivity contribution is 5.20. The molecule has 0 aromatic rings. The largest absolute Gasteiger partial charge is 0.390 e. The third-order valence-corrected chi connectivity index (χ3v) is 2.72. The fourth-order valence-corrected chi connectivity index (χ4v) is 2.14. The van der Waals surface area contributed by atoms with E-state index in [1.807, 2.05) is 0 Å². The van der Waals surface area contributed by atoms with Crippen LogP contribution in [0.2, 0.25) is 0 Å². The SMILES string of the molecule is CCCC1=C[C@H]2CC[C@@H](O)[C@@H]1O2. The molecule has 2 nitrogen and oxygen atoms in total.